The Balaban J connectivity index is 1.75. The number of benzene rings is 3. The van der Waals surface area contributed by atoms with Gasteiger partial charge in [0.25, 0.3) is 11.7 Å². The summed E-state index contributed by atoms with van der Waals surface area (Å²) in [5.74, 6) is -2.60. The maximum Gasteiger partial charge on any atom is 0.339 e. The minimum absolute atomic E-state index is 0.0658. The molecule has 1 amide bonds. The zero-order valence-electron chi connectivity index (χ0n) is 22.2. The first-order valence-corrected chi connectivity index (χ1v) is 12.6. The molecule has 0 spiro atoms. The number of nitrogens with zero attached hydrogens (tertiary/aromatic N) is 3. The lowest BCUT2D eigenvalue weighted by Crippen LogP contribution is -2.26. The van der Waals surface area contributed by atoms with Crippen molar-refractivity contribution in [3.63, 3.8) is 0 Å². The molecule has 2 aromatic heterocycles. The van der Waals surface area contributed by atoms with E-state index in [1.54, 1.807) is 35.9 Å². The summed E-state index contributed by atoms with van der Waals surface area (Å²) in [7, 11) is 1.23. The zero-order chi connectivity index (χ0) is 28.2. The first kappa shape index (κ1) is 26.2. The van der Waals surface area contributed by atoms with Crippen LogP contribution in [-0.4, -0.2) is 39.5 Å². The Morgan fingerprint density at radius 2 is 1.48 bits per heavy atom. The summed E-state index contributed by atoms with van der Waals surface area (Å²) in [6.45, 7) is 3.64. The van der Waals surface area contributed by atoms with E-state index in [0.29, 0.717) is 22.4 Å². The molecule has 3 aromatic carbocycles. The lowest BCUT2D eigenvalue weighted by atomic mass is 9.96. The lowest BCUT2D eigenvalue weighted by molar-refractivity contribution is -0.112. The second-order valence-electron chi connectivity index (χ2n) is 9.16. The molecule has 5 rings (SSSR count). The van der Waals surface area contributed by atoms with Gasteiger partial charge in [-0.25, -0.2) is 14.5 Å². The number of para-hydroxylation sites is 1. The third-order valence-corrected chi connectivity index (χ3v) is 6.38. The maximum absolute atomic E-state index is 13.8. The standard InChI is InChI=1S/C32H26N4O4/c1-20-14-17-23(18-15-20)33-31(38)29(37)27-25(19-16-22-10-6-4-7-11-22)34-30-26(28(27)32(39)40-3)21(2)35-36(30)24-12-8-5-9-13-24/h4-19H,1-3H3,(H,33,38)/b19-16-. The Kier molecular flexibility index (Phi) is 7.33. The third kappa shape index (κ3) is 5.15. The van der Waals surface area contributed by atoms with Gasteiger partial charge in [0.05, 0.1) is 40.7 Å². The Labute approximate surface area is 230 Å². The number of rotatable bonds is 7. The van der Waals surface area contributed by atoms with Crippen molar-refractivity contribution in [3.8, 4) is 5.69 Å². The molecule has 1 N–H and O–H groups in total. The Bertz CT molecular complexity index is 1760. The number of nitrogens with one attached hydrogen (secondary N) is 1. The Morgan fingerprint density at radius 1 is 0.825 bits per heavy atom. The van der Waals surface area contributed by atoms with Gasteiger partial charge in [-0.1, -0.05) is 72.3 Å². The van der Waals surface area contributed by atoms with Gasteiger partial charge in [0.2, 0.25) is 0 Å². The fourth-order valence-corrected chi connectivity index (χ4v) is 4.42. The van der Waals surface area contributed by atoms with E-state index in [1.807, 2.05) is 79.7 Å². The largest absolute Gasteiger partial charge is 0.465 e. The molecule has 0 atom stereocenters. The molecular formula is C32H26N4O4. The number of carbonyl (C=O) groups is 3. The summed E-state index contributed by atoms with van der Waals surface area (Å²) in [5.41, 5.74) is 3.75. The average Bonchev–Trinajstić information content (AvgIpc) is 3.32. The van der Waals surface area contributed by atoms with Crippen molar-refractivity contribution in [1.82, 2.24) is 14.8 Å². The van der Waals surface area contributed by atoms with E-state index in [9.17, 15) is 14.4 Å². The first-order valence-electron chi connectivity index (χ1n) is 12.6. The highest BCUT2D eigenvalue weighted by molar-refractivity contribution is 6.48. The predicted molar refractivity (Wildman–Crippen MR) is 154 cm³/mol. The number of amides is 1. The summed E-state index contributed by atoms with van der Waals surface area (Å²) in [6.07, 6.45) is 3.38. The monoisotopic (exact) mass is 530 g/mol. The first-order chi connectivity index (χ1) is 19.4. The highest BCUT2D eigenvalue weighted by Crippen LogP contribution is 2.31. The normalized spacial score (nSPS) is 11.1. The van der Waals surface area contributed by atoms with Crippen LogP contribution in [0.15, 0.2) is 84.9 Å². The van der Waals surface area contributed by atoms with Gasteiger partial charge < -0.3 is 10.1 Å². The maximum atomic E-state index is 13.8. The smallest absolute Gasteiger partial charge is 0.339 e. The minimum Gasteiger partial charge on any atom is -0.465 e. The molecule has 0 fully saturated rings. The molecule has 0 saturated carbocycles. The van der Waals surface area contributed by atoms with Crippen LogP contribution in [-0.2, 0) is 9.53 Å². The van der Waals surface area contributed by atoms with E-state index >= 15 is 0 Å². The number of methoxy groups -OCH3 is 1. The quantitative estimate of drug-likeness (QED) is 0.162. The number of aryl methyl sites for hydroxylation is 2. The highest BCUT2D eigenvalue weighted by Gasteiger charge is 2.32. The van der Waals surface area contributed by atoms with Crippen LogP contribution >= 0.6 is 0 Å². The Morgan fingerprint density at radius 3 is 2.12 bits per heavy atom. The fourth-order valence-electron chi connectivity index (χ4n) is 4.42. The molecule has 0 aliphatic rings. The van der Waals surface area contributed by atoms with Gasteiger partial charge in [-0.3, -0.25) is 9.59 Å². The van der Waals surface area contributed by atoms with E-state index in [4.69, 9.17) is 9.72 Å². The number of ether oxygens (including phenoxy) is 1. The lowest BCUT2D eigenvalue weighted by Gasteiger charge is -2.13. The summed E-state index contributed by atoms with van der Waals surface area (Å²) < 4.78 is 6.73. The topological polar surface area (TPSA) is 103 Å². The number of aromatic nitrogens is 3. The highest BCUT2D eigenvalue weighted by atomic mass is 16.5. The van der Waals surface area contributed by atoms with E-state index in [-0.39, 0.29) is 16.8 Å². The van der Waals surface area contributed by atoms with Gasteiger partial charge in [-0.2, -0.15) is 5.10 Å². The van der Waals surface area contributed by atoms with Crippen molar-refractivity contribution in [2.24, 2.45) is 0 Å². The number of Topliss-reactive ketones (excluding diaryl/α,β-unsaturated/α-hetero) is 1. The summed E-state index contributed by atoms with van der Waals surface area (Å²) in [4.78, 5) is 45.1. The summed E-state index contributed by atoms with van der Waals surface area (Å²) in [6, 6.07) is 25.8. The van der Waals surface area contributed by atoms with Gasteiger partial charge in [0.1, 0.15) is 0 Å². The van der Waals surface area contributed by atoms with Crippen LogP contribution in [0.4, 0.5) is 5.69 Å². The molecular weight excluding hydrogens is 504 g/mol. The summed E-state index contributed by atoms with van der Waals surface area (Å²) in [5, 5.41) is 7.59. The van der Waals surface area contributed by atoms with Crippen molar-refractivity contribution in [1.29, 1.82) is 0 Å². The van der Waals surface area contributed by atoms with E-state index < -0.39 is 17.7 Å². The van der Waals surface area contributed by atoms with Crippen LogP contribution < -0.4 is 5.32 Å². The van der Waals surface area contributed by atoms with Crippen molar-refractivity contribution in [3.05, 3.63) is 119 Å². The number of pyridine rings is 1. The van der Waals surface area contributed by atoms with E-state index in [1.165, 1.54) is 7.11 Å². The van der Waals surface area contributed by atoms with Gasteiger partial charge in [-0.15, -0.1) is 0 Å². The Hall–Kier alpha value is -5.37. The van der Waals surface area contributed by atoms with Crippen molar-refractivity contribution in [2.75, 3.05) is 12.4 Å². The molecule has 0 aliphatic heterocycles. The third-order valence-electron chi connectivity index (χ3n) is 6.38. The van der Waals surface area contributed by atoms with Crippen molar-refractivity contribution in [2.45, 2.75) is 13.8 Å². The molecule has 8 nitrogen and oxygen atoms in total. The SMILES string of the molecule is COC(=O)c1c(C(=O)C(=O)Nc2ccc(C)cc2)c(/C=C\c2ccccc2)nc2c1c(C)nn2-c1ccccc1. The molecule has 8 heteroatoms. The molecule has 5 aromatic rings. The fraction of sp³-hybridized carbons (Fsp3) is 0.0938. The minimum atomic E-state index is -0.921. The van der Waals surface area contributed by atoms with Crippen LogP contribution in [0.5, 0.6) is 0 Å². The molecule has 0 saturated heterocycles. The number of ketones is 1. The molecule has 0 unspecified atom stereocenters. The van der Waals surface area contributed by atoms with Gasteiger partial charge in [0.15, 0.2) is 5.65 Å². The number of anilines is 1. The number of fused-ring (bicyclic) bond motifs is 1. The van der Waals surface area contributed by atoms with E-state index in [2.05, 4.69) is 10.4 Å². The van der Waals surface area contributed by atoms with Crippen molar-refractivity contribution >= 4 is 46.5 Å². The average molecular weight is 531 g/mol. The molecule has 0 radical (unpaired) electrons. The molecule has 2 heterocycles. The molecule has 40 heavy (non-hydrogen) atoms. The van der Waals surface area contributed by atoms with Gasteiger partial charge in [0, 0.05) is 5.69 Å². The van der Waals surface area contributed by atoms with Crippen LogP contribution in [0, 0.1) is 13.8 Å². The van der Waals surface area contributed by atoms with Crippen LogP contribution in [0.1, 0.15) is 43.2 Å². The zero-order valence-corrected chi connectivity index (χ0v) is 22.2. The molecule has 198 valence electrons. The van der Waals surface area contributed by atoms with Crippen LogP contribution in [0.2, 0.25) is 0 Å². The van der Waals surface area contributed by atoms with E-state index in [0.717, 1.165) is 16.8 Å². The van der Waals surface area contributed by atoms with Gasteiger partial charge >= 0.3 is 5.97 Å². The number of carbonyl (C=O) groups excluding carboxylic acids is 3. The van der Waals surface area contributed by atoms with Crippen molar-refractivity contribution < 1.29 is 19.1 Å². The predicted octanol–water partition coefficient (Wildman–Crippen LogP) is 5.82. The summed E-state index contributed by atoms with van der Waals surface area (Å²) >= 11 is 0. The number of hydrogen-bond acceptors (Lipinski definition) is 6. The van der Waals surface area contributed by atoms with Crippen LogP contribution in [0.25, 0.3) is 28.9 Å². The molecule has 0 aliphatic carbocycles. The second-order valence-corrected chi connectivity index (χ2v) is 9.16. The number of esters is 1. The van der Waals surface area contributed by atoms with Gasteiger partial charge in [-0.05, 0) is 49.8 Å². The number of hydrogen-bond donors (Lipinski definition) is 1. The second kappa shape index (κ2) is 11.2. The molecule has 0 bridgehead atoms. The van der Waals surface area contributed by atoms with Crippen LogP contribution in [0.3, 0.4) is 0 Å².